The Balaban J connectivity index is 1.71. The molecule has 0 fully saturated rings. The first-order valence-electron chi connectivity index (χ1n) is 7.06. The molecule has 2 atom stereocenters. The van der Waals surface area contributed by atoms with E-state index in [0.29, 0.717) is 6.61 Å². The van der Waals surface area contributed by atoms with E-state index in [1.54, 1.807) is 0 Å². The van der Waals surface area contributed by atoms with Crippen LogP contribution in [0.5, 0.6) is 11.5 Å². The highest BCUT2D eigenvalue weighted by Gasteiger charge is 2.27. The molecule has 2 aromatic rings. The first kappa shape index (κ1) is 14.2. The normalized spacial score (nSPS) is 18.3. The lowest BCUT2D eigenvalue weighted by molar-refractivity contribution is 0.0641. The van der Waals surface area contributed by atoms with Crippen molar-refractivity contribution in [2.75, 3.05) is 13.7 Å². The van der Waals surface area contributed by atoms with Gasteiger partial charge in [-0.2, -0.15) is 0 Å². The molecular weight excluding hydrogens is 286 g/mol. The second-order valence-corrected chi connectivity index (χ2v) is 5.58. The van der Waals surface area contributed by atoms with Crippen LogP contribution in [0.2, 0.25) is 5.02 Å². The summed E-state index contributed by atoms with van der Waals surface area (Å²) in [7, 11) is 1.95. The average molecular weight is 304 g/mol. The van der Waals surface area contributed by atoms with E-state index < -0.39 is 0 Å². The van der Waals surface area contributed by atoms with Crippen LogP contribution in [0.1, 0.15) is 5.56 Å². The van der Waals surface area contributed by atoms with Gasteiger partial charge in [0.15, 0.2) is 11.5 Å². The predicted octanol–water partition coefficient (Wildman–Crippen LogP) is 3.31. The largest absolute Gasteiger partial charge is 0.486 e. The van der Waals surface area contributed by atoms with Crippen LogP contribution in [-0.4, -0.2) is 25.8 Å². The number of rotatable bonds is 4. The van der Waals surface area contributed by atoms with Crippen molar-refractivity contribution in [2.45, 2.75) is 18.6 Å². The van der Waals surface area contributed by atoms with Gasteiger partial charge in [-0.05, 0) is 43.3 Å². The Hall–Kier alpha value is -1.71. The lowest BCUT2D eigenvalue weighted by atomic mass is 10.0. The minimum atomic E-state index is -0.0134. The SMILES string of the molecule is CNC(Cc1ccc(Cl)cc1)C1COc2ccccc2O1. The van der Waals surface area contributed by atoms with Gasteiger partial charge in [0.2, 0.25) is 0 Å². The van der Waals surface area contributed by atoms with Crippen molar-refractivity contribution in [3.05, 3.63) is 59.1 Å². The van der Waals surface area contributed by atoms with Gasteiger partial charge in [0.1, 0.15) is 12.7 Å². The molecular formula is C17H18ClNO2. The van der Waals surface area contributed by atoms with Crippen LogP contribution in [0.4, 0.5) is 0 Å². The number of likely N-dealkylation sites (N-methyl/N-ethyl adjacent to an activating group) is 1. The molecule has 1 N–H and O–H groups in total. The standard InChI is InChI=1S/C17H18ClNO2/c1-19-14(10-12-6-8-13(18)9-7-12)17-11-20-15-4-2-3-5-16(15)21-17/h2-9,14,17,19H,10-11H2,1H3. The molecule has 0 radical (unpaired) electrons. The zero-order chi connectivity index (χ0) is 14.7. The monoisotopic (exact) mass is 303 g/mol. The fourth-order valence-electron chi connectivity index (χ4n) is 2.53. The minimum absolute atomic E-state index is 0.0134. The molecule has 2 unspecified atom stereocenters. The van der Waals surface area contributed by atoms with E-state index in [4.69, 9.17) is 21.1 Å². The van der Waals surface area contributed by atoms with Crippen molar-refractivity contribution >= 4 is 11.6 Å². The van der Waals surface area contributed by atoms with Gasteiger partial charge in [0.05, 0.1) is 6.04 Å². The van der Waals surface area contributed by atoms with Crippen LogP contribution in [-0.2, 0) is 6.42 Å². The molecule has 21 heavy (non-hydrogen) atoms. The molecule has 1 heterocycles. The molecule has 0 aromatic heterocycles. The van der Waals surface area contributed by atoms with Crippen molar-refractivity contribution in [1.29, 1.82) is 0 Å². The highest BCUT2D eigenvalue weighted by Crippen LogP contribution is 2.32. The lowest BCUT2D eigenvalue weighted by Crippen LogP contribution is -2.47. The Labute approximate surface area is 129 Å². The van der Waals surface area contributed by atoms with Crippen molar-refractivity contribution in [3.63, 3.8) is 0 Å². The van der Waals surface area contributed by atoms with E-state index >= 15 is 0 Å². The van der Waals surface area contributed by atoms with Crippen molar-refractivity contribution in [1.82, 2.24) is 5.32 Å². The second kappa shape index (κ2) is 6.37. The summed E-state index contributed by atoms with van der Waals surface area (Å²) in [5.41, 5.74) is 1.22. The third kappa shape index (κ3) is 3.31. The maximum absolute atomic E-state index is 6.07. The number of hydrogen-bond acceptors (Lipinski definition) is 3. The van der Waals surface area contributed by atoms with E-state index in [1.807, 2.05) is 55.6 Å². The van der Waals surface area contributed by atoms with Gasteiger partial charge in [-0.3, -0.25) is 0 Å². The smallest absolute Gasteiger partial charge is 0.161 e. The highest BCUT2D eigenvalue weighted by atomic mass is 35.5. The van der Waals surface area contributed by atoms with Crippen LogP contribution in [0.25, 0.3) is 0 Å². The van der Waals surface area contributed by atoms with Gasteiger partial charge in [0, 0.05) is 5.02 Å². The second-order valence-electron chi connectivity index (χ2n) is 5.14. The molecule has 4 heteroatoms. The fraction of sp³-hybridized carbons (Fsp3) is 0.294. The minimum Gasteiger partial charge on any atom is -0.486 e. The maximum atomic E-state index is 6.07. The Bertz CT molecular complexity index is 600. The Morgan fingerprint density at radius 1 is 1.14 bits per heavy atom. The highest BCUT2D eigenvalue weighted by molar-refractivity contribution is 6.30. The molecule has 0 saturated heterocycles. The van der Waals surface area contributed by atoms with Crippen LogP contribution >= 0.6 is 11.6 Å². The predicted molar refractivity (Wildman–Crippen MR) is 84.4 cm³/mol. The van der Waals surface area contributed by atoms with Gasteiger partial charge in [-0.1, -0.05) is 35.9 Å². The molecule has 0 bridgehead atoms. The van der Waals surface area contributed by atoms with Crippen molar-refractivity contribution in [2.24, 2.45) is 0 Å². The van der Waals surface area contributed by atoms with E-state index in [-0.39, 0.29) is 12.1 Å². The molecule has 110 valence electrons. The zero-order valence-electron chi connectivity index (χ0n) is 11.9. The first-order valence-corrected chi connectivity index (χ1v) is 7.44. The average Bonchev–Trinajstić information content (AvgIpc) is 2.54. The van der Waals surface area contributed by atoms with E-state index in [1.165, 1.54) is 5.56 Å². The quantitative estimate of drug-likeness (QED) is 0.940. The first-order chi connectivity index (χ1) is 10.3. The molecule has 1 aliphatic rings. The number of ether oxygens (including phenoxy) is 2. The summed E-state index contributed by atoms with van der Waals surface area (Å²) < 4.78 is 11.9. The van der Waals surface area contributed by atoms with Gasteiger partial charge in [0.25, 0.3) is 0 Å². The summed E-state index contributed by atoms with van der Waals surface area (Å²) in [6, 6.07) is 15.9. The third-order valence-corrected chi connectivity index (χ3v) is 3.97. The number of para-hydroxylation sites is 2. The summed E-state index contributed by atoms with van der Waals surface area (Å²) in [6.07, 6.45) is 0.852. The molecule has 0 amide bonds. The van der Waals surface area contributed by atoms with Crippen LogP contribution in [0.15, 0.2) is 48.5 Å². The molecule has 0 spiro atoms. The summed E-state index contributed by atoms with van der Waals surface area (Å²) in [4.78, 5) is 0. The van der Waals surface area contributed by atoms with Gasteiger partial charge in [-0.25, -0.2) is 0 Å². The molecule has 3 rings (SSSR count). The Kier molecular flexibility index (Phi) is 4.32. The van der Waals surface area contributed by atoms with Gasteiger partial charge in [-0.15, -0.1) is 0 Å². The lowest BCUT2D eigenvalue weighted by Gasteiger charge is -2.32. The van der Waals surface area contributed by atoms with Crippen LogP contribution in [0, 0.1) is 0 Å². The van der Waals surface area contributed by atoms with Crippen molar-refractivity contribution < 1.29 is 9.47 Å². The number of fused-ring (bicyclic) bond motifs is 1. The molecule has 3 nitrogen and oxygen atoms in total. The summed E-state index contributed by atoms with van der Waals surface area (Å²) in [6.45, 7) is 0.552. The number of halogens is 1. The fourth-order valence-corrected chi connectivity index (χ4v) is 2.65. The third-order valence-electron chi connectivity index (χ3n) is 3.72. The number of nitrogens with one attached hydrogen (secondary N) is 1. The van der Waals surface area contributed by atoms with Crippen molar-refractivity contribution in [3.8, 4) is 11.5 Å². The number of hydrogen-bond donors (Lipinski definition) is 1. The van der Waals surface area contributed by atoms with E-state index in [0.717, 1.165) is 22.9 Å². The summed E-state index contributed by atoms with van der Waals surface area (Å²) >= 11 is 5.93. The van der Waals surface area contributed by atoms with E-state index in [9.17, 15) is 0 Å². The van der Waals surface area contributed by atoms with Crippen LogP contribution in [0.3, 0.4) is 0 Å². The van der Waals surface area contributed by atoms with Crippen LogP contribution < -0.4 is 14.8 Å². The Morgan fingerprint density at radius 3 is 2.57 bits per heavy atom. The number of benzene rings is 2. The topological polar surface area (TPSA) is 30.5 Å². The molecule has 1 aliphatic heterocycles. The zero-order valence-corrected chi connectivity index (χ0v) is 12.6. The molecule has 0 saturated carbocycles. The molecule has 2 aromatic carbocycles. The summed E-state index contributed by atoms with van der Waals surface area (Å²) in [5, 5.41) is 4.08. The van der Waals surface area contributed by atoms with E-state index in [2.05, 4.69) is 5.32 Å². The Morgan fingerprint density at radius 2 is 1.86 bits per heavy atom. The van der Waals surface area contributed by atoms with Gasteiger partial charge >= 0.3 is 0 Å². The maximum Gasteiger partial charge on any atom is 0.161 e. The van der Waals surface area contributed by atoms with Gasteiger partial charge < -0.3 is 14.8 Å². The molecule has 0 aliphatic carbocycles. The summed E-state index contributed by atoms with van der Waals surface area (Å²) in [5.74, 6) is 1.63.